The van der Waals surface area contributed by atoms with Crippen molar-refractivity contribution in [3.05, 3.63) is 69.8 Å². The minimum Gasteiger partial charge on any atom is -0.371 e. The van der Waals surface area contributed by atoms with Crippen LogP contribution in [0.2, 0.25) is 0 Å². The minimum atomic E-state index is -0.437. The third-order valence-electron chi connectivity index (χ3n) is 6.35. The third-order valence-corrected chi connectivity index (χ3v) is 6.35. The van der Waals surface area contributed by atoms with Crippen molar-refractivity contribution in [1.82, 2.24) is 10.2 Å². The van der Waals surface area contributed by atoms with E-state index in [0.29, 0.717) is 12.1 Å². The van der Waals surface area contributed by atoms with E-state index in [0.717, 1.165) is 44.7 Å². The van der Waals surface area contributed by atoms with Crippen LogP contribution in [-0.4, -0.2) is 48.5 Å². The normalized spacial score (nSPS) is 18.0. The summed E-state index contributed by atoms with van der Waals surface area (Å²) in [5.74, 6) is -0.246. The van der Waals surface area contributed by atoms with Crippen LogP contribution in [0.5, 0.6) is 0 Å². The van der Waals surface area contributed by atoms with Gasteiger partial charge in [0.1, 0.15) is 0 Å². The fraction of sp³-hybridized carbons (Fsp3) is 0.458. The molecule has 4 rings (SSSR count). The SMILES string of the molecule is O=C(NCC(c1ccccc1)N1CCCC1)c1cc([N+](=O)[O-])ccc1N1CCCCC1. The monoisotopic (exact) mass is 422 g/mol. The summed E-state index contributed by atoms with van der Waals surface area (Å²) in [4.78, 5) is 28.7. The van der Waals surface area contributed by atoms with Gasteiger partial charge in [-0.05, 0) is 56.8 Å². The van der Waals surface area contributed by atoms with Crippen LogP contribution < -0.4 is 10.2 Å². The molecule has 2 fully saturated rings. The van der Waals surface area contributed by atoms with Gasteiger partial charge in [-0.25, -0.2) is 0 Å². The van der Waals surface area contributed by atoms with E-state index in [4.69, 9.17) is 0 Å². The molecule has 164 valence electrons. The van der Waals surface area contributed by atoms with Gasteiger partial charge in [0.25, 0.3) is 11.6 Å². The van der Waals surface area contributed by atoms with Crippen molar-refractivity contribution in [1.29, 1.82) is 0 Å². The number of rotatable bonds is 7. The zero-order valence-corrected chi connectivity index (χ0v) is 17.8. The van der Waals surface area contributed by atoms with Crippen LogP contribution in [0.4, 0.5) is 11.4 Å². The fourth-order valence-corrected chi connectivity index (χ4v) is 4.70. The lowest BCUT2D eigenvalue weighted by Crippen LogP contribution is -2.38. The van der Waals surface area contributed by atoms with E-state index >= 15 is 0 Å². The van der Waals surface area contributed by atoms with E-state index in [1.807, 2.05) is 18.2 Å². The first-order chi connectivity index (χ1) is 15.1. The lowest BCUT2D eigenvalue weighted by molar-refractivity contribution is -0.384. The number of anilines is 1. The first-order valence-corrected chi connectivity index (χ1v) is 11.2. The Morgan fingerprint density at radius 1 is 0.968 bits per heavy atom. The molecule has 1 N–H and O–H groups in total. The highest BCUT2D eigenvalue weighted by Gasteiger charge is 2.26. The van der Waals surface area contributed by atoms with Crippen molar-refractivity contribution >= 4 is 17.3 Å². The van der Waals surface area contributed by atoms with E-state index in [2.05, 4.69) is 27.2 Å². The first kappa shape index (κ1) is 21.3. The van der Waals surface area contributed by atoms with Gasteiger partial charge >= 0.3 is 0 Å². The lowest BCUT2D eigenvalue weighted by Gasteiger charge is -2.31. The molecular formula is C24H30N4O3. The Morgan fingerprint density at radius 3 is 2.32 bits per heavy atom. The molecule has 0 saturated carbocycles. The van der Waals surface area contributed by atoms with Gasteiger partial charge in [-0.3, -0.25) is 19.8 Å². The van der Waals surface area contributed by atoms with Crippen molar-refractivity contribution in [3.63, 3.8) is 0 Å². The molecule has 2 aromatic carbocycles. The van der Waals surface area contributed by atoms with Crippen LogP contribution in [0, 0.1) is 10.1 Å². The van der Waals surface area contributed by atoms with Crippen LogP contribution in [-0.2, 0) is 0 Å². The van der Waals surface area contributed by atoms with Gasteiger partial charge in [0, 0.05) is 31.8 Å². The quantitative estimate of drug-likeness (QED) is 0.536. The summed E-state index contributed by atoms with van der Waals surface area (Å²) in [7, 11) is 0. The predicted molar refractivity (Wildman–Crippen MR) is 121 cm³/mol. The van der Waals surface area contributed by atoms with Crippen molar-refractivity contribution in [3.8, 4) is 0 Å². The topological polar surface area (TPSA) is 78.7 Å². The van der Waals surface area contributed by atoms with Gasteiger partial charge in [0.15, 0.2) is 0 Å². The number of nitro groups is 1. The maximum atomic E-state index is 13.3. The molecule has 1 unspecified atom stereocenters. The predicted octanol–water partition coefficient (Wildman–Crippen LogP) is 4.15. The molecule has 2 heterocycles. The smallest absolute Gasteiger partial charge is 0.270 e. The van der Waals surface area contributed by atoms with Crippen molar-refractivity contribution < 1.29 is 9.72 Å². The lowest BCUT2D eigenvalue weighted by atomic mass is 10.0. The molecule has 2 aromatic rings. The van der Waals surface area contributed by atoms with Crippen LogP contribution in [0.3, 0.4) is 0 Å². The molecule has 7 heteroatoms. The average Bonchev–Trinajstić information content (AvgIpc) is 3.34. The van der Waals surface area contributed by atoms with Crippen molar-refractivity contribution in [2.24, 2.45) is 0 Å². The van der Waals surface area contributed by atoms with Gasteiger partial charge in [-0.15, -0.1) is 0 Å². The standard InChI is InChI=1S/C24H30N4O3/c29-24(25-18-23(27-15-7-8-16-27)19-9-3-1-4-10-19)21-17-20(28(30)31)11-12-22(21)26-13-5-2-6-14-26/h1,3-4,9-12,17,23H,2,5-8,13-16,18H2,(H,25,29). The summed E-state index contributed by atoms with van der Waals surface area (Å²) in [6, 6.07) is 15.0. The second-order valence-corrected chi connectivity index (χ2v) is 8.39. The van der Waals surface area contributed by atoms with Gasteiger partial charge < -0.3 is 10.2 Å². The molecule has 0 aromatic heterocycles. The Balaban J connectivity index is 1.56. The number of hydrogen-bond acceptors (Lipinski definition) is 5. The molecule has 1 amide bonds. The summed E-state index contributed by atoms with van der Waals surface area (Å²) < 4.78 is 0. The summed E-state index contributed by atoms with van der Waals surface area (Å²) in [5.41, 5.74) is 2.31. The second-order valence-electron chi connectivity index (χ2n) is 8.39. The number of amides is 1. The molecule has 0 spiro atoms. The number of nitrogens with one attached hydrogen (secondary N) is 1. The minimum absolute atomic E-state index is 0.0509. The summed E-state index contributed by atoms with van der Waals surface area (Å²) in [5, 5.41) is 14.4. The summed E-state index contributed by atoms with van der Waals surface area (Å²) >= 11 is 0. The third kappa shape index (κ3) is 5.05. The molecule has 2 aliphatic heterocycles. The highest BCUT2D eigenvalue weighted by molar-refractivity contribution is 6.00. The number of hydrogen-bond donors (Lipinski definition) is 1. The number of non-ortho nitro benzene ring substituents is 1. The van der Waals surface area contributed by atoms with Crippen molar-refractivity contribution in [2.45, 2.75) is 38.1 Å². The van der Waals surface area contributed by atoms with Gasteiger partial charge in [-0.2, -0.15) is 0 Å². The molecule has 31 heavy (non-hydrogen) atoms. The number of nitrogens with zero attached hydrogens (tertiary/aromatic N) is 3. The maximum Gasteiger partial charge on any atom is 0.270 e. The van der Waals surface area contributed by atoms with Crippen LogP contribution in [0.1, 0.15) is 54.1 Å². The highest BCUT2D eigenvalue weighted by atomic mass is 16.6. The number of piperidine rings is 1. The van der Waals surface area contributed by atoms with E-state index in [-0.39, 0.29) is 17.6 Å². The van der Waals surface area contributed by atoms with E-state index in [9.17, 15) is 14.9 Å². The van der Waals surface area contributed by atoms with Crippen molar-refractivity contribution in [2.75, 3.05) is 37.6 Å². The zero-order valence-electron chi connectivity index (χ0n) is 17.8. The maximum absolute atomic E-state index is 13.3. The largest absolute Gasteiger partial charge is 0.371 e. The molecule has 2 aliphatic rings. The first-order valence-electron chi connectivity index (χ1n) is 11.2. The average molecular weight is 423 g/mol. The molecule has 0 radical (unpaired) electrons. The number of likely N-dealkylation sites (tertiary alicyclic amines) is 1. The fourth-order valence-electron chi connectivity index (χ4n) is 4.70. The Hall–Kier alpha value is -2.93. The number of benzene rings is 2. The van der Waals surface area contributed by atoms with E-state index < -0.39 is 4.92 Å². The molecule has 0 bridgehead atoms. The number of carbonyl (C=O) groups is 1. The van der Waals surface area contributed by atoms with Gasteiger partial charge in [0.2, 0.25) is 0 Å². The Morgan fingerprint density at radius 2 is 1.65 bits per heavy atom. The van der Waals surface area contributed by atoms with E-state index in [1.54, 1.807) is 6.07 Å². The Kier molecular flexibility index (Phi) is 6.82. The highest BCUT2D eigenvalue weighted by Crippen LogP contribution is 2.29. The zero-order chi connectivity index (χ0) is 21.6. The van der Waals surface area contributed by atoms with Gasteiger partial charge in [0.05, 0.1) is 22.2 Å². The molecule has 1 atom stereocenters. The summed E-state index contributed by atoms with van der Waals surface area (Å²) in [6.45, 7) is 4.26. The molecule has 2 saturated heterocycles. The number of nitro benzene ring substituents is 1. The van der Waals surface area contributed by atoms with Gasteiger partial charge in [-0.1, -0.05) is 30.3 Å². The van der Waals surface area contributed by atoms with Crippen LogP contribution in [0.15, 0.2) is 48.5 Å². The molecular weight excluding hydrogens is 392 g/mol. The summed E-state index contributed by atoms with van der Waals surface area (Å²) in [6.07, 6.45) is 5.66. The van der Waals surface area contributed by atoms with E-state index in [1.165, 1.54) is 37.0 Å². The van der Waals surface area contributed by atoms with Crippen LogP contribution >= 0.6 is 0 Å². The Bertz CT molecular complexity index is 906. The molecule has 7 nitrogen and oxygen atoms in total. The molecule has 0 aliphatic carbocycles. The Labute approximate surface area is 183 Å². The number of carbonyl (C=O) groups excluding carboxylic acids is 1. The second kappa shape index (κ2) is 9.92. The van der Waals surface area contributed by atoms with Crippen LogP contribution in [0.25, 0.3) is 0 Å².